The molecule has 0 aliphatic heterocycles. The highest BCUT2D eigenvalue weighted by Gasteiger charge is 2.07. The molecule has 0 spiro atoms. The molecule has 2 unspecified atom stereocenters. The molecule has 0 rings (SSSR count). The summed E-state index contributed by atoms with van der Waals surface area (Å²) in [7, 11) is 0. The van der Waals surface area contributed by atoms with Gasteiger partial charge in [0.25, 0.3) is 0 Å². The summed E-state index contributed by atoms with van der Waals surface area (Å²) in [5.41, 5.74) is 0. The van der Waals surface area contributed by atoms with Gasteiger partial charge in [0.15, 0.2) is 0 Å². The van der Waals surface area contributed by atoms with Crippen LogP contribution in [0.1, 0.15) is 103 Å². The van der Waals surface area contributed by atoms with E-state index in [2.05, 4.69) is 6.92 Å². The molecule has 23 heavy (non-hydrogen) atoms. The van der Waals surface area contributed by atoms with Crippen molar-refractivity contribution < 1.29 is 15.3 Å². The number of hydrogen-bond donors (Lipinski definition) is 3. The second kappa shape index (κ2) is 18.2. The molecule has 0 saturated carbocycles. The van der Waals surface area contributed by atoms with Crippen molar-refractivity contribution in [1.82, 2.24) is 0 Å². The van der Waals surface area contributed by atoms with E-state index in [1.54, 1.807) is 0 Å². The molecule has 0 bridgehead atoms. The molecule has 2 atom stereocenters. The van der Waals surface area contributed by atoms with E-state index in [-0.39, 0.29) is 6.61 Å². The van der Waals surface area contributed by atoms with Crippen molar-refractivity contribution in [2.24, 2.45) is 5.92 Å². The van der Waals surface area contributed by atoms with Crippen LogP contribution in [0.4, 0.5) is 0 Å². The van der Waals surface area contributed by atoms with Gasteiger partial charge >= 0.3 is 0 Å². The molecular formula is C20H42O3. The molecule has 0 saturated heterocycles. The summed E-state index contributed by atoms with van der Waals surface area (Å²) < 4.78 is 0. The fourth-order valence-electron chi connectivity index (χ4n) is 3.15. The number of hydrogen-bond acceptors (Lipinski definition) is 3. The third kappa shape index (κ3) is 16.5. The van der Waals surface area contributed by atoms with E-state index in [0.717, 1.165) is 19.3 Å². The van der Waals surface area contributed by atoms with Gasteiger partial charge in [-0.05, 0) is 25.2 Å². The molecule has 3 N–H and O–H groups in total. The molecule has 0 aromatic heterocycles. The average Bonchev–Trinajstić information content (AvgIpc) is 2.57. The minimum atomic E-state index is -0.521. The van der Waals surface area contributed by atoms with Gasteiger partial charge in [0.1, 0.15) is 0 Å². The van der Waals surface area contributed by atoms with Gasteiger partial charge in [-0.1, -0.05) is 84.0 Å². The van der Waals surface area contributed by atoms with Crippen LogP contribution in [-0.4, -0.2) is 34.6 Å². The van der Waals surface area contributed by atoms with E-state index >= 15 is 0 Å². The smallest absolute Gasteiger partial charge is 0.0770 e. The number of aliphatic hydroxyl groups excluding tert-OH is 3. The van der Waals surface area contributed by atoms with Crippen LogP contribution in [0.5, 0.6) is 0 Å². The maximum absolute atomic E-state index is 9.46. The van der Waals surface area contributed by atoms with Gasteiger partial charge in [-0.2, -0.15) is 0 Å². The van der Waals surface area contributed by atoms with Crippen molar-refractivity contribution in [1.29, 1.82) is 0 Å². The highest BCUT2D eigenvalue weighted by Crippen LogP contribution is 2.18. The molecule has 140 valence electrons. The Hall–Kier alpha value is -0.120. The van der Waals surface area contributed by atoms with E-state index < -0.39 is 6.10 Å². The SMILES string of the molecule is CCCCCCCC(CO)CCCCCCCCCC(O)CO. The Kier molecular flexibility index (Phi) is 18.1. The molecule has 0 heterocycles. The van der Waals surface area contributed by atoms with Crippen LogP contribution in [0.2, 0.25) is 0 Å². The fraction of sp³-hybridized carbons (Fsp3) is 1.00. The third-order valence-corrected chi connectivity index (χ3v) is 4.83. The van der Waals surface area contributed by atoms with E-state index in [4.69, 9.17) is 5.11 Å². The second-order valence-corrected chi connectivity index (χ2v) is 7.14. The summed E-state index contributed by atoms with van der Waals surface area (Å²) in [6.07, 6.45) is 17.7. The maximum atomic E-state index is 9.46. The first-order valence-corrected chi connectivity index (χ1v) is 10.1. The van der Waals surface area contributed by atoms with Gasteiger partial charge in [0.2, 0.25) is 0 Å². The summed E-state index contributed by atoms with van der Waals surface area (Å²) in [6.45, 7) is 2.50. The van der Waals surface area contributed by atoms with Crippen LogP contribution in [-0.2, 0) is 0 Å². The number of rotatable bonds is 18. The lowest BCUT2D eigenvalue weighted by Gasteiger charge is -2.13. The van der Waals surface area contributed by atoms with E-state index in [1.165, 1.54) is 77.0 Å². The Morgan fingerprint density at radius 1 is 0.565 bits per heavy atom. The zero-order valence-electron chi connectivity index (χ0n) is 15.5. The van der Waals surface area contributed by atoms with Gasteiger partial charge in [-0.3, -0.25) is 0 Å². The molecular weight excluding hydrogens is 288 g/mol. The predicted molar refractivity (Wildman–Crippen MR) is 98.6 cm³/mol. The predicted octanol–water partition coefficient (Wildman–Crippen LogP) is 4.82. The quantitative estimate of drug-likeness (QED) is 0.316. The maximum Gasteiger partial charge on any atom is 0.0770 e. The molecule has 3 nitrogen and oxygen atoms in total. The summed E-state index contributed by atoms with van der Waals surface area (Å²) in [5.74, 6) is 0.525. The molecule has 0 radical (unpaired) electrons. The van der Waals surface area contributed by atoms with Crippen molar-refractivity contribution in [3.63, 3.8) is 0 Å². The molecule has 0 aliphatic carbocycles. The topological polar surface area (TPSA) is 60.7 Å². The van der Waals surface area contributed by atoms with Crippen molar-refractivity contribution in [2.45, 2.75) is 109 Å². The Balaban J connectivity index is 3.30. The van der Waals surface area contributed by atoms with Gasteiger partial charge in [0.05, 0.1) is 12.7 Å². The largest absolute Gasteiger partial charge is 0.396 e. The Bertz CT molecular complexity index is 221. The van der Waals surface area contributed by atoms with Gasteiger partial charge < -0.3 is 15.3 Å². The minimum Gasteiger partial charge on any atom is -0.396 e. The van der Waals surface area contributed by atoms with Crippen molar-refractivity contribution in [3.05, 3.63) is 0 Å². The van der Waals surface area contributed by atoms with Crippen LogP contribution in [0.25, 0.3) is 0 Å². The van der Waals surface area contributed by atoms with Gasteiger partial charge in [0, 0.05) is 6.61 Å². The molecule has 0 aliphatic rings. The van der Waals surface area contributed by atoms with Crippen LogP contribution in [0.15, 0.2) is 0 Å². The zero-order valence-corrected chi connectivity index (χ0v) is 15.5. The fourth-order valence-corrected chi connectivity index (χ4v) is 3.15. The summed E-state index contributed by atoms with van der Waals surface area (Å²) in [6, 6.07) is 0. The molecule has 0 fully saturated rings. The molecule has 0 amide bonds. The first-order valence-electron chi connectivity index (χ1n) is 10.1. The normalized spacial score (nSPS) is 14.1. The zero-order chi connectivity index (χ0) is 17.2. The lowest BCUT2D eigenvalue weighted by molar-refractivity contribution is 0.0860. The summed E-state index contributed by atoms with van der Waals surface area (Å²) in [5, 5.41) is 27.4. The Morgan fingerprint density at radius 3 is 1.43 bits per heavy atom. The highest BCUT2D eigenvalue weighted by molar-refractivity contribution is 4.59. The number of unbranched alkanes of at least 4 members (excludes halogenated alkanes) is 10. The second-order valence-electron chi connectivity index (χ2n) is 7.14. The van der Waals surface area contributed by atoms with E-state index in [1.807, 2.05) is 0 Å². The van der Waals surface area contributed by atoms with E-state index in [9.17, 15) is 10.2 Å². The van der Waals surface area contributed by atoms with Crippen molar-refractivity contribution in [3.8, 4) is 0 Å². The van der Waals surface area contributed by atoms with E-state index in [0.29, 0.717) is 12.5 Å². The Morgan fingerprint density at radius 2 is 1.00 bits per heavy atom. The van der Waals surface area contributed by atoms with Crippen LogP contribution >= 0.6 is 0 Å². The molecule has 3 heteroatoms. The number of aliphatic hydroxyl groups is 3. The van der Waals surface area contributed by atoms with Crippen LogP contribution in [0, 0.1) is 5.92 Å². The summed E-state index contributed by atoms with van der Waals surface area (Å²) in [4.78, 5) is 0. The van der Waals surface area contributed by atoms with Crippen LogP contribution in [0.3, 0.4) is 0 Å². The Labute approximate surface area is 144 Å². The molecule has 0 aromatic carbocycles. The first kappa shape index (κ1) is 22.9. The van der Waals surface area contributed by atoms with Crippen molar-refractivity contribution in [2.75, 3.05) is 13.2 Å². The first-order chi connectivity index (χ1) is 11.2. The van der Waals surface area contributed by atoms with Crippen molar-refractivity contribution >= 4 is 0 Å². The minimum absolute atomic E-state index is 0.107. The van der Waals surface area contributed by atoms with Gasteiger partial charge in [-0.25, -0.2) is 0 Å². The van der Waals surface area contributed by atoms with Gasteiger partial charge in [-0.15, -0.1) is 0 Å². The average molecular weight is 331 g/mol. The molecule has 0 aromatic rings. The lowest BCUT2D eigenvalue weighted by atomic mass is 9.95. The monoisotopic (exact) mass is 330 g/mol. The summed E-state index contributed by atoms with van der Waals surface area (Å²) >= 11 is 0. The third-order valence-electron chi connectivity index (χ3n) is 4.83. The van der Waals surface area contributed by atoms with Crippen LogP contribution < -0.4 is 0 Å². The standard InChI is InChI=1S/C20H42O3/c1-2-3-4-8-11-14-19(17-21)15-12-9-6-5-7-10-13-16-20(23)18-22/h19-23H,2-18H2,1H3. The lowest BCUT2D eigenvalue weighted by Crippen LogP contribution is -2.10. The highest BCUT2D eigenvalue weighted by atomic mass is 16.3.